The van der Waals surface area contributed by atoms with Crippen LogP contribution in [0.15, 0.2) is 54.4 Å². The zero-order chi connectivity index (χ0) is 16.6. The third kappa shape index (κ3) is 3.08. The van der Waals surface area contributed by atoms with Crippen LogP contribution in [0.3, 0.4) is 0 Å². The Morgan fingerprint density at radius 2 is 1.74 bits per heavy atom. The molecule has 0 amide bonds. The lowest BCUT2D eigenvalue weighted by Crippen LogP contribution is -2.32. The molecule has 0 aliphatic carbocycles. The van der Waals surface area contributed by atoms with E-state index in [-0.39, 0.29) is 0 Å². The second-order valence-corrected chi connectivity index (χ2v) is 5.83. The number of nitrogens with one attached hydrogen (secondary N) is 1. The molecule has 0 fully saturated rings. The first-order chi connectivity index (χ1) is 11.0. The lowest BCUT2D eigenvalue weighted by atomic mass is 9.90. The fourth-order valence-electron chi connectivity index (χ4n) is 2.70. The molecule has 0 radical (unpaired) electrons. The van der Waals surface area contributed by atoms with Crippen LogP contribution in [-0.2, 0) is 0 Å². The largest absolute Gasteiger partial charge is 0.303 e. The number of hydrogen-bond acceptors (Lipinski definition) is 2. The molecule has 0 atom stereocenters. The van der Waals surface area contributed by atoms with Crippen molar-refractivity contribution in [3.63, 3.8) is 0 Å². The molecule has 1 heterocycles. The molecule has 2 nitrogen and oxygen atoms in total. The zero-order valence-electron chi connectivity index (χ0n) is 12.7. The molecular weight excluding hydrogens is 318 g/mol. The second kappa shape index (κ2) is 6.05. The normalized spacial score (nSPS) is 14.7. The van der Waals surface area contributed by atoms with Gasteiger partial charge in [-0.15, -0.1) is 0 Å². The summed E-state index contributed by atoms with van der Waals surface area (Å²) < 4.78 is 27.5. The number of rotatable bonds is 2. The van der Waals surface area contributed by atoms with Gasteiger partial charge in [0.05, 0.1) is 0 Å². The Kier molecular flexibility index (Phi) is 4.09. The number of nitrogens with zero attached hydrogens (tertiary/aromatic N) is 1. The molecule has 0 aromatic heterocycles. The molecule has 0 unspecified atom stereocenters. The van der Waals surface area contributed by atoms with Gasteiger partial charge in [0.15, 0.2) is 0 Å². The molecule has 5 heteroatoms. The van der Waals surface area contributed by atoms with Gasteiger partial charge in [-0.1, -0.05) is 23.7 Å². The predicted molar refractivity (Wildman–Crippen MR) is 89.3 cm³/mol. The van der Waals surface area contributed by atoms with E-state index < -0.39 is 11.6 Å². The average molecular weight is 333 g/mol. The minimum atomic E-state index is -0.595. The molecule has 0 saturated carbocycles. The van der Waals surface area contributed by atoms with Crippen molar-refractivity contribution in [3.05, 3.63) is 82.1 Å². The van der Waals surface area contributed by atoms with Crippen LogP contribution in [0.25, 0.3) is 11.1 Å². The third-order valence-electron chi connectivity index (χ3n) is 3.67. The van der Waals surface area contributed by atoms with Gasteiger partial charge in [-0.05, 0) is 36.8 Å². The van der Waals surface area contributed by atoms with E-state index in [0.717, 1.165) is 22.9 Å². The molecule has 1 N–H and O–H groups in total. The average Bonchev–Trinajstić information content (AvgIpc) is 2.48. The molecule has 0 spiro atoms. The SMILES string of the molecule is CC1=C(c2ccc(F)cc2F)C(c2ccc(Cl)cc2)=CN(C)N1. The first-order valence-corrected chi connectivity index (χ1v) is 7.47. The van der Waals surface area contributed by atoms with Crippen LogP contribution in [-0.4, -0.2) is 12.1 Å². The van der Waals surface area contributed by atoms with Gasteiger partial charge in [0.1, 0.15) is 11.6 Å². The fourth-order valence-corrected chi connectivity index (χ4v) is 2.83. The topological polar surface area (TPSA) is 15.3 Å². The Bertz CT molecular complexity index is 810. The highest BCUT2D eigenvalue weighted by Gasteiger charge is 2.21. The Labute approximate surface area is 138 Å². The highest BCUT2D eigenvalue weighted by Crippen LogP contribution is 2.37. The van der Waals surface area contributed by atoms with E-state index in [9.17, 15) is 8.78 Å². The Balaban J connectivity index is 2.17. The molecule has 1 aliphatic heterocycles. The number of hydrazine groups is 1. The Morgan fingerprint density at radius 1 is 1.04 bits per heavy atom. The summed E-state index contributed by atoms with van der Waals surface area (Å²) >= 11 is 5.95. The van der Waals surface area contributed by atoms with E-state index in [2.05, 4.69) is 5.43 Å². The minimum Gasteiger partial charge on any atom is -0.303 e. The van der Waals surface area contributed by atoms with Crippen molar-refractivity contribution in [2.45, 2.75) is 6.92 Å². The summed E-state index contributed by atoms with van der Waals surface area (Å²) in [6.45, 7) is 1.86. The van der Waals surface area contributed by atoms with Gasteiger partial charge in [0.25, 0.3) is 0 Å². The highest BCUT2D eigenvalue weighted by atomic mass is 35.5. The standard InChI is InChI=1S/C18H15ClF2N2/c1-11-18(15-8-7-14(20)9-17(15)21)16(10-23(2)22-11)12-3-5-13(19)6-4-12/h3-10,22H,1-2H3. The van der Waals surface area contributed by atoms with Crippen LogP contribution >= 0.6 is 11.6 Å². The first-order valence-electron chi connectivity index (χ1n) is 7.09. The maximum atomic E-state index is 14.3. The van der Waals surface area contributed by atoms with Crippen LogP contribution < -0.4 is 5.43 Å². The van der Waals surface area contributed by atoms with Gasteiger partial charge in [-0.2, -0.15) is 0 Å². The van der Waals surface area contributed by atoms with Crippen LogP contribution in [0.5, 0.6) is 0 Å². The van der Waals surface area contributed by atoms with Crippen molar-refractivity contribution < 1.29 is 8.78 Å². The van der Waals surface area contributed by atoms with Crippen molar-refractivity contribution in [1.82, 2.24) is 10.4 Å². The van der Waals surface area contributed by atoms with Crippen molar-refractivity contribution in [2.24, 2.45) is 0 Å². The van der Waals surface area contributed by atoms with Gasteiger partial charge in [-0.25, -0.2) is 8.78 Å². The maximum absolute atomic E-state index is 14.3. The summed E-state index contributed by atoms with van der Waals surface area (Å²) in [5, 5.41) is 2.43. The fraction of sp³-hybridized carbons (Fsp3) is 0.111. The number of hydrogen-bond donors (Lipinski definition) is 1. The monoisotopic (exact) mass is 332 g/mol. The molecule has 2 aromatic carbocycles. The van der Waals surface area contributed by atoms with Crippen molar-refractivity contribution in [2.75, 3.05) is 7.05 Å². The summed E-state index contributed by atoms with van der Waals surface area (Å²) in [5.74, 6) is -1.19. The molecule has 118 valence electrons. The van der Waals surface area contributed by atoms with E-state index >= 15 is 0 Å². The third-order valence-corrected chi connectivity index (χ3v) is 3.92. The van der Waals surface area contributed by atoms with E-state index in [1.165, 1.54) is 12.1 Å². The number of allylic oxidation sites excluding steroid dienone is 3. The molecule has 0 saturated heterocycles. The quantitative estimate of drug-likeness (QED) is 0.846. The summed E-state index contributed by atoms with van der Waals surface area (Å²) in [4.78, 5) is 0. The Morgan fingerprint density at radius 3 is 2.39 bits per heavy atom. The van der Waals surface area contributed by atoms with E-state index in [0.29, 0.717) is 16.2 Å². The van der Waals surface area contributed by atoms with E-state index in [1.54, 1.807) is 17.1 Å². The first kappa shape index (κ1) is 15.6. The smallest absolute Gasteiger partial charge is 0.134 e. The number of benzene rings is 2. The van der Waals surface area contributed by atoms with Gasteiger partial charge in [0.2, 0.25) is 0 Å². The highest BCUT2D eigenvalue weighted by molar-refractivity contribution is 6.30. The minimum absolute atomic E-state index is 0.353. The molecule has 1 aliphatic rings. The van der Waals surface area contributed by atoms with Gasteiger partial charge < -0.3 is 5.43 Å². The van der Waals surface area contributed by atoms with Crippen LogP contribution in [0.2, 0.25) is 5.02 Å². The van der Waals surface area contributed by atoms with Crippen molar-refractivity contribution >= 4 is 22.7 Å². The summed E-state index contributed by atoms with van der Waals surface area (Å²) in [6.07, 6.45) is 1.87. The second-order valence-electron chi connectivity index (χ2n) is 5.40. The van der Waals surface area contributed by atoms with Crippen LogP contribution in [0.4, 0.5) is 8.78 Å². The van der Waals surface area contributed by atoms with Crippen molar-refractivity contribution in [3.8, 4) is 0 Å². The summed E-state index contributed by atoms with van der Waals surface area (Å²) in [5.41, 5.74) is 6.71. The summed E-state index contributed by atoms with van der Waals surface area (Å²) in [7, 11) is 1.86. The van der Waals surface area contributed by atoms with E-state index in [4.69, 9.17) is 11.6 Å². The predicted octanol–water partition coefficient (Wildman–Crippen LogP) is 4.84. The molecule has 2 aromatic rings. The van der Waals surface area contributed by atoms with Crippen LogP contribution in [0.1, 0.15) is 18.1 Å². The Hall–Kier alpha value is -2.33. The molecule has 0 bridgehead atoms. The lowest BCUT2D eigenvalue weighted by Gasteiger charge is -2.29. The molecule has 3 rings (SSSR count). The van der Waals surface area contributed by atoms with E-state index in [1.807, 2.05) is 32.3 Å². The molecular formula is C18H15ClF2N2. The summed E-state index contributed by atoms with van der Waals surface area (Å²) in [6, 6.07) is 10.9. The van der Waals surface area contributed by atoms with Gasteiger partial charge in [-0.3, -0.25) is 5.01 Å². The van der Waals surface area contributed by atoms with Crippen LogP contribution in [0, 0.1) is 11.6 Å². The lowest BCUT2D eigenvalue weighted by molar-refractivity contribution is 0.368. The zero-order valence-corrected chi connectivity index (χ0v) is 13.5. The van der Waals surface area contributed by atoms with Gasteiger partial charge in [0, 0.05) is 46.7 Å². The van der Waals surface area contributed by atoms with Gasteiger partial charge >= 0.3 is 0 Å². The maximum Gasteiger partial charge on any atom is 0.134 e. The molecule has 23 heavy (non-hydrogen) atoms. The van der Waals surface area contributed by atoms with Crippen molar-refractivity contribution in [1.29, 1.82) is 0 Å². The number of halogens is 3.